The number of hydrogen-bond donors (Lipinski definition) is 1. The third kappa shape index (κ3) is 3.80. The molecule has 0 radical (unpaired) electrons. The van der Waals surface area contributed by atoms with Gasteiger partial charge in [-0.25, -0.2) is 0 Å². The summed E-state index contributed by atoms with van der Waals surface area (Å²) in [5.41, 5.74) is -0.167. The summed E-state index contributed by atoms with van der Waals surface area (Å²) < 4.78 is 38.8. The average Bonchev–Trinajstić information content (AvgIpc) is 2.41. The van der Waals surface area contributed by atoms with Crippen LogP contribution in [0.2, 0.25) is 5.02 Å². The third-order valence-corrected chi connectivity index (χ3v) is 3.65. The van der Waals surface area contributed by atoms with Gasteiger partial charge in [-0.05, 0) is 59.0 Å². The van der Waals surface area contributed by atoms with Gasteiger partial charge in [-0.2, -0.15) is 18.4 Å². The SMILES string of the molecule is N#Cc1cc(C(F)(F)F)ccc1Nc1ccc(I)cc1Cl. The molecule has 2 aromatic carbocycles. The lowest BCUT2D eigenvalue weighted by Gasteiger charge is -2.12. The maximum atomic E-state index is 12.6. The molecule has 0 fully saturated rings. The molecule has 0 aromatic heterocycles. The van der Waals surface area contributed by atoms with Crippen molar-refractivity contribution in [3.63, 3.8) is 0 Å². The first kappa shape index (κ1) is 15.9. The fraction of sp³-hybridized carbons (Fsp3) is 0.0714. The highest BCUT2D eigenvalue weighted by Gasteiger charge is 2.31. The summed E-state index contributed by atoms with van der Waals surface area (Å²) in [5, 5.41) is 12.3. The van der Waals surface area contributed by atoms with Crippen molar-refractivity contribution >= 4 is 45.6 Å². The third-order valence-electron chi connectivity index (χ3n) is 2.67. The maximum absolute atomic E-state index is 12.6. The number of nitrogens with one attached hydrogen (secondary N) is 1. The Kier molecular flexibility index (Phi) is 4.64. The molecule has 0 bridgehead atoms. The van der Waals surface area contributed by atoms with Crippen LogP contribution in [-0.4, -0.2) is 0 Å². The summed E-state index contributed by atoms with van der Waals surface area (Å²) in [6, 6.07) is 9.90. The number of benzene rings is 2. The lowest BCUT2D eigenvalue weighted by Crippen LogP contribution is -2.06. The summed E-state index contributed by atoms with van der Waals surface area (Å²) in [7, 11) is 0. The predicted molar refractivity (Wildman–Crippen MR) is 83.6 cm³/mol. The number of halogens is 5. The highest BCUT2D eigenvalue weighted by molar-refractivity contribution is 14.1. The van der Waals surface area contributed by atoms with Crippen LogP contribution in [0.3, 0.4) is 0 Å². The molecule has 2 nitrogen and oxygen atoms in total. The zero-order valence-corrected chi connectivity index (χ0v) is 13.2. The minimum atomic E-state index is -4.48. The second-order valence-electron chi connectivity index (χ2n) is 4.12. The summed E-state index contributed by atoms with van der Waals surface area (Å²) in [4.78, 5) is 0. The Bertz CT molecular complexity index is 723. The van der Waals surface area contributed by atoms with Gasteiger partial charge < -0.3 is 5.32 Å². The largest absolute Gasteiger partial charge is 0.416 e. The molecule has 0 spiro atoms. The van der Waals surface area contributed by atoms with Gasteiger partial charge in [0.05, 0.1) is 27.5 Å². The van der Waals surface area contributed by atoms with Crippen LogP contribution in [0, 0.1) is 14.9 Å². The molecule has 0 amide bonds. The van der Waals surface area contributed by atoms with E-state index in [2.05, 4.69) is 27.9 Å². The molecule has 0 unspecified atom stereocenters. The zero-order valence-electron chi connectivity index (χ0n) is 10.3. The van der Waals surface area contributed by atoms with Crippen molar-refractivity contribution in [1.29, 1.82) is 5.26 Å². The summed E-state index contributed by atoms with van der Waals surface area (Å²) >= 11 is 8.14. The van der Waals surface area contributed by atoms with Crippen molar-refractivity contribution in [2.24, 2.45) is 0 Å². The Hall–Kier alpha value is -1.46. The average molecular weight is 423 g/mol. The molecule has 2 rings (SSSR count). The summed E-state index contributed by atoms with van der Waals surface area (Å²) in [5.74, 6) is 0. The highest BCUT2D eigenvalue weighted by Crippen LogP contribution is 2.33. The molecular weight excluding hydrogens is 416 g/mol. The van der Waals surface area contributed by atoms with Crippen LogP contribution in [0.15, 0.2) is 36.4 Å². The van der Waals surface area contributed by atoms with E-state index in [0.717, 1.165) is 15.7 Å². The smallest absolute Gasteiger partial charge is 0.353 e. The molecule has 0 aliphatic rings. The summed E-state index contributed by atoms with van der Waals surface area (Å²) in [6.45, 7) is 0. The number of nitriles is 1. The van der Waals surface area contributed by atoms with Gasteiger partial charge in [0.2, 0.25) is 0 Å². The van der Waals surface area contributed by atoms with Crippen LogP contribution in [0.4, 0.5) is 24.5 Å². The maximum Gasteiger partial charge on any atom is 0.416 e. The fourth-order valence-corrected chi connectivity index (χ4v) is 2.56. The monoisotopic (exact) mass is 422 g/mol. The van der Waals surface area contributed by atoms with Gasteiger partial charge in [0.25, 0.3) is 0 Å². The van der Waals surface area contributed by atoms with Crippen molar-refractivity contribution in [1.82, 2.24) is 0 Å². The Labute approximate surface area is 137 Å². The van der Waals surface area contributed by atoms with E-state index in [0.29, 0.717) is 10.7 Å². The van der Waals surface area contributed by atoms with E-state index < -0.39 is 11.7 Å². The Balaban J connectivity index is 2.39. The van der Waals surface area contributed by atoms with Crippen molar-refractivity contribution in [3.05, 3.63) is 56.1 Å². The van der Waals surface area contributed by atoms with Gasteiger partial charge in [-0.3, -0.25) is 0 Å². The Morgan fingerprint density at radius 1 is 1.10 bits per heavy atom. The van der Waals surface area contributed by atoms with Crippen LogP contribution < -0.4 is 5.32 Å². The van der Waals surface area contributed by atoms with Gasteiger partial charge in [-0.1, -0.05) is 11.6 Å². The molecule has 0 atom stereocenters. The van der Waals surface area contributed by atoms with Crippen LogP contribution in [0.5, 0.6) is 0 Å². The van der Waals surface area contributed by atoms with Gasteiger partial charge in [0.15, 0.2) is 0 Å². The number of nitrogens with zero attached hydrogens (tertiary/aromatic N) is 1. The van der Waals surface area contributed by atoms with Crippen molar-refractivity contribution < 1.29 is 13.2 Å². The van der Waals surface area contributed by atoms with E-state index >= 15 is 0 Å². The Morgan fingerprint density at radius 2 is 1.76 bits per heavy atom. The Morgan fingerprint density at radius 3 is 2.33 bits per heavy atom. The van der Waals surface area contributed by atoms with E-state index in [1.54, 1.807) is 24.3 Å². The molecule has 0 saturated carbocycles. The highest BCUT2D eigenvalue weighted by atomic mass is 127. The van der Waals surface area contributed by atoms with Crippen LogP contribution in [0.1, 0.15) is 11.1 Å². The first-order valence-electron chi connectivity index (χ1n) is 5.64. The van der Waals surface area contributed by atoms with Gasteiger partial charge in [0.1, 0.15) is 6.07 Å². The molecule has 0 aliphatic heterocycles. The molecule has 0 heterocycles. The van der Waals surface area contributed by atoms with Crippen molar-refractivity contribution in [2.45, 2.75) is 6.18 Å². The molecule has 0 saturated heterocycles. The normalized spacial score (nSPS) is 11.0. The van der Waals surface area contributed by atoms with Gasteiger partial charge in [0, 0.05) is 3.57 Å². The fourth-order valence-electron chi connectivity index (χ4n) is 1.66. The number of anilines is 2. The van der Waals surface area contributed by atoms with Gasteiger partial charge >= 0.3 is 6.18 Å². The molecule has 108 valence electrons. The zero-order chi connectivity index (χ0) is 15.6. The molecule has 21 heavy (non-hydrogen) atoms. The standard InChI is InChI=1S/C14H7ClF3IN2/c15-11-6-10(19)2-4-13(11)21-12-3-1-9(14(16,17)18)5-8(12)7-20/h1-6,21H. The second-order valence-corrected chi connectivity index (χ2v) is 5.77. The quantitative estimate of drug-likeness (QED) is 0.642. The lowest BCUT2D eigenvalue weighted by atomic mass is 10.1. The van der Waals surface area contributed by atoms with E-state index in [1.807, 2.05) is 0 Å². The van der Waals surface area contributed by atoms with E-state index in [4.69, 9.17) is 16.9 Å². The first-order valence-corrected chi connectivity index (χ1v) is 7.10. The lowest BCUT2D eigenvalue weighted by molar-refractivity contribution is -0.137. The van der Waals surface area contributed by atoms with E-state index in [1.165, 1.54) is 6.07 Å². The molecular formula is C14H7ClF3IN2. The number of hydrogen-bond acceptors (Lipinski definition) is 2. The van der Waals surface area contributed by atoms with Crippen LogP contribution >= 0.6 is 34.2 Å². The molecule has 7 heteroatoms. The predicted octanol–water partition coefficient (Wildman–Crippen LogP) is 5.58. The second kappa shape index (κ2) is 6.12. The van der Waals surface area contributed by atoms with Crippen molar-refractivity contribution in [2.75, 3.05) is 5.32 Å². The van der Waals surface area contributed by atoms with E-state index in [9.17, 15) is 13.2 Å². The first-order chi connectivity index (χ1) is 9.81. The summed E-state index contributed by atoms with van der Waals surface area (Å²) in [6.07, 6.45) is -4.48. The van der Waals surface area contributed by atoms with E-state index in [-0.39, 0.29) is 11.3 Å². The number of alkyl halides is 3. The molecule has 0 aliphatic carbocycles. The van der Waals surface area contributed by atoms with Crippen molar-refractivity contribution in [3.8, 4) is 6.07 Å². The number of rotatable bonds is 2. The van der Waals surface area contributed by atoms with Crippen LogP contribution in [-0.2, 0) is 6.18 Å². The topological polar surface area (TPSA) is 35.8 Å². The van der Waals surface area contributed by atoms with Gasteiger partial charge in [-0.15, -0.1) is 0 Å². The molecule has 1 N–H and O–H groups in total. The minimum Gasteiger partial charge on any atom is -0.353 e. The minimum absolute atomic E-state index is 0.0977. The molecule has 2 aromatic rings. The van der Waals surface area contributed by atoms with Crippen LogP contribution in [0.25, 0.3) is 0 Å².